The number of ether oxygens (including phenoxy) is 1. The second-order valence-corrected chi connectivity index (χ2v) is 9.30. The van der Waals surface area contributed by atoms with E-state index >= 15 is 0 Å². The van der Waals surface area contributed by atoms with Crippen molar-refractivity contribution in [1.82, 2.24) is 19.8 Å². The van der Waals surface area contributed by atoms with Crippen molar-refractivity contribution >= 4 is 27.7 Å². The molecule has 0 bridgehead atoms. The molecule has 2 heterocycles. The first-order valence-electron chi connectivity index (χ1n) is 9.69. The molecule has 2 saturated heterocycles. The number of carbonyl (C=O) groups excluding carboxylic acids is 3. The van der Waals surface area contributed by atoms with Crippen LogP contribution in [0.25, 0.3) is 0 Å². The fraction of sp³-hybridized carbons (Fsp3) is 0.526. The molecule has 0 unspecified atom stereocenters. The fourth-order valence-corrected chi connectivity index (χ4v) is 4.69. The lowest BCUT2D eigenvalue weighted by molar-refractivity contribution is -0.132. The van der Waals surface area contributed by atoms with Gasteiger partial charge in [0.1, 0.15) is 17.8 Å². The number of piperidine rings is 1. The highest BCUT2D eigenvalue weighted by Gasteiger charge is 2.40. The molecule has 2 fully saturated rings. The van der Waals surface area contributed by atoms with E-state index in [1.165, 1.54) is 12.0 Å². The first-order chi connectivity index (χ1) is 14.2. The van der Waals surface area contributed by atoms with E-state index in [0.29, 0.717) is 24.3 Å². The van der Waals surface area contributed by atoms with Gasteiger partial charge in [0, 0.05) is 31.7 Å². The fourth-order valence-electron chi connectivity index (χ4n) is 3.66. The van der Waals surface area contributed by atoms with Crippen molar-refractivity contribution in [3.05, 3.63) is 29.8 Å². The lowest BCUT2D eigenvalue weighted by Gasteiger charge is -2.39. The van der Waals surface area contributed by atoms with Gasteiger partial charge in [-0.05, 0) is 37.1 Å². The van der Waals surface area contributed by atoms with E-state index in [2.05, 4.69) is 10.6 Å². The van der Waals surface area contributed by atoms with E-state index < -0.39 is 28.0 Å². The quantitative estimate of drug-likeness (QED) is 0.619. The number of nitrogens with one attached hydrogen (secondary N) is 2. The monoisotopic (exact) mass is 438 g/mol. The Kier molecular flexibility index (Phi) is 6.61. The Bertz CT molecular complexity index is 917. The number of rotatable bonds is 5. The number of benzene rings is 1. The summed E-state index contributed by atoms with van der Waals surface area (Å²) in [5, 5.41) is 5.32. The third-order valence-electron chi connectivity index (χ3n) is 5.29. The van der Waals surface area contributed by atoms with Crippen molar-refractivity contribution in [3.8, 4) is 5.75 Å². The second-order valence-electron chi connectivity index (χ2n) is 7.36. The van der Waals surface area contributed by atoms with E-state index in [9.17, 15) is 22.8 Å². The molecular formula is C19H26N4O6S. The third kappa shape index (κ3) is 4.90. The summed E-state index contributed by atoms with van der Waals surface area (Å²) in [5.74, 6) is -0.576. The van der Waals surface area contributed by atoms with E-state index in [-0.39, 0.29) is 31.4 Å². The molecule has 10 nitrogen and oxygen atoms in total. The number of hydrogen-bond acceptors (Lipinski definition) is 6. The predicted octanol–water partition coefficient (Wildman–Crippen LogP) is -0.824. The summed E-state index contributed by atoms with van der Waals surface area (Å²) in [4.78, 5) is 39.2. The maximum absolute atomic E-state index is 12.9. The summed E-state index contributed by atoms with van der Waals surface area (Å²) in [6.07, 6.45) is 2.23. The average Bonchev–Trinajstić information content (AvgIpc) is 2.73. The van der Waals surface area contributed by atoms with Gasteiger partial charge in [-0.2, -0.15) is 4.31 Å². The minimum Gasteiger partial charge on any atom is -0.497 e. The number of carbonyl (C=O) groups is 3. The van der Waals surface area contributed by atoms with Gasteiger partial charge in [0.05, 0.1) is 13.4 Å². The van der Waals surface area contributed by atoms with Crippen LogP contribution in [-0.2, 0) is 19.6 Å². The zero-order valence-corrected chi connectivity index (χ0v) is 17.8. The Morgan fingerprint density at radius 1 is 1.20 bits per heavy atom. The normalized spacial score (nSPS) is 22.9. The molecule has 1 aromatic rings. The second kappa shape index (κ2) is 9.00. The molecule has 2 N–H and O–H groups in total. The van der Waals surface area contributed by atoms with E-state index in [1.54, 1.807) is 24.3 Å². The molecule has 2 aliphatic heterocycles. The van der Waals surface area contributed by atoms with E-state index in [4.69, 9.17) is 4.74 Å². The number of piperazine rings is 1. The van der Waals surface area contributed by atoms with Gasteiger partial charge in [-0.1, -0.05) is 0 Å². The molecule has 2 atom stereocenters. The van der Waals surface area contributed by atoms with Crippen molar-refractivity contribution in [1.29, 1.82) is 0 Å². The third-order valence-corrected chi connectivity index (χ3v) is 6.57. The van der Waals surface area contributed by atoms with Crippen LogP contribution in [0.1, 0.15) is 23.2 Å². The predicted molar refractivity (Wildman–Crippen MR) is 108 cm³/mol. The maximum Gasteiger partial charge on any atom is 0.253 e. The zero-order chi connectivity index (χ0) is 21.9. The summed E-state index contributed by atoms with van der Waals surface area (Å²) in [7, 11) is -2.15. The van der Waals surface area contributed by atoms with Crippen LogP contribution in [0.4, 0.5) is 0 Å². The molecule has 0 radical (unpaired) electrons. The van der Waals surface area contributed by atoms with Crippen LogP contribution in [-0.4, -0.2) is 87.0 Å². The highest BCUT2D eigenvalue weighted by atomic mass is 32.2. The van der Waals surface area contributed by atoms with Crippen LogP contribution >= 0.6 is 0 Å². The first-order valence-corrected chi connectivity index (χ1v) is 11.5. The van der Waals surface area contributed by atoms with Crippen LogP contribution in [0.2, 0.25) is 0 Å². The summed E-state index contributed by atoms with van der Waals surface area (Å²) >= 11 is 0. The molecule has 2 aliphatic rings. The van der Waals surface area contributed by atoms with Crippen molar-refractivity contribution in [2.24, 2.45) is 0 Å². The lowest BCUT2D eigenvalue weighted by atomic mass is 10.1. The van der Waals surface area contributed by atoms with Crippen LogP contribution < -0.4 is 15.4 Å². The van der Waals surface area contributed by atoms with Crippen molar-refractivity contribution in [2.75, 3.05) is 39.5 Å². The van der Waals surface area contributed by atoms with Gasteiger partial charge in [0.2, 0.25) is 21.8 Å². The Morgan fingerprint density at radius 2 is 1.90 bits per heavy atom. The van der Waals surface area contributed by atoms with Crippen molar-refractivity contribution in [2.45, 2.75) is 24.9 Å². The first kappa shape index (κ1) is 22.0. The SMILES string of the molecule is COc1ccc(C(=O)N2CCN(S(C)(=O)=O)[C@H](C(=O)N[C@H]3CCCNC3=O)C2)cc1. The van der Waals surface area contributed by atoms with Crippen LogP contribution in [0.5, 0.6) is 5.75 Å². The standard InChI is InChI=1S/C19H26N4O6S/c1-29-14-7-5-13(6-8-14)19(26)22-10-11-23(30(2,27)28)16(12-22)18(25)21-15-4-3-9-20-17(15)24/h5-8,15-16H,3-4,9-12H2,1-2H3,(H,20,24)(H,21,25)/t15-,16-/m0/s1. The highest BCUT2D eigenvalue weighted by Crippen LogP contribution is 2.19. The summed E-state index contributed by atoms with van der Waals surface area (Å²) in [6, 6.07) is 4.74. The van der Waals surface area contributed by atoms with E-state index in [0.717, 1.165) is 17.0 Å². The number of nitrogens with zero attached hydrogens (tertiary/aromatic N) is 2. The molecule has 3 amide bonds. The summed E-state index contributed by atoms with van der Waals surface area (Å²) < 4.78 is 30.6. The molecule has 1 aromatic carbocycles. The van der Waals surface area contributed by atoms with Gasteiger partial charge in [-0.15, -0.1) is 0 Å². The Labute approximate surface area is 175 Å². The van der Waals surface area contributed by atoms with Crippen LogP contribution in [0, 0.1) is 0 Å². The summed E-state index contributed by atoms with van der Waals surface area (Å²) in [5.41, 5.74) is 0.412. The molecule has 0 saturated carbocycles. The van der Waals surface area contributed by atoms with Gasteiger partial charge >= 0.3 is 0 Å². The number of amides is 3. The van der Waals surface area contributed by atoms with Crippen molar-refractivity contribution in [3.63, 3.8) is 0 Å². The van der Waals surface area contributed by atoms with Gasteiger partial charge in [0.25, 0.3) is 5.91 Å². The van der Waals surface area contributed by atoms with E-state index in [1.807, 2.05) is 0 Å². The molecule has 0 aromatic heterocycles. The largest absolute Gasteiger partial charge is 0.497 e. The average molecular weight is 439 g/mol. The molecule has 11 heteroatoms. The Balaban J connectivity index is 1.77. The van der Waals surface area contributed by atoms with Crippen LogP contribution in [0.3, 0.4) is 0 Å². The minimum absolute atomic E-state index is 0.00429. The smallest absolute Gasteiger partial charge is 0.253 e. The van der Waals surface area contributed by atoms with Crippen molar-refractivity contribution < 1.29 is 27.5 Å². The number of sulfonamides is 1. The number of methoxy groups -OCH3 is 1. The zero-order valence-electron chi connectivity index (χ0n) is 17.0. The molecule has 0 aliphatic carbocycles. The van der Waals surface area contributed by atoms with Gasteiger partial charge in [-0.25, -0.2) is 8.42 Å². The van der Waals surface area contributed by atoms with Gasteiger partial charge in [-0.3, -0.25) is 14.4 Å². The molecule has 0 spiro atoms. The highest BCUT2D eigenvalue weighted by molar-refractivity contribution is 7.88. The molecular weight excluding hydrogens is 412 g/mol. The number of hydrogen-bond donors (Lipinski definition) is 2. The Morgan fingerprint density at radius 3 is 2.50 bits per heavy atom. The lowest BCUT2D eigenvalue weighted by Crippen LogP contribution is -2.63. The molecule has 3 rings (SSSR count). The topological polar surface area (TPSA) is 125 Å². The molecule has 164 valence electrons. The maximum atomic E-state index is 12.9. The Hall–Kier alpha value is -2.66. The van der Waals surface area contributed by atoms with Crippen LogP contribution in [0.15, 0.2) is 24.3 Å². The molecule has 30 heavy (non-hydrogen) atoms. The minimum atomic E-state index is -3.68. The summed E-state index contributed by atoms with van der Waals surface area (Å²) in [6.45, 7) is 0.605. The van der Waals surface area contributed by atoms with Gasteiger partial charge < -0.3 is 20.3 Å². The van der Waals surface area contributed by atoms with Gasteiger partial charge in [0.15, 0.2) is 0 Å².